The molecule has 2 heterocycles. The van der Waals surface area contributed by atoms with E-state index in [4.69, 9.17) is 4.74 Å². The largest absolute Gasteiger partial charge is 0.379 e. The van der Waals surface area contributed by atoms with Gasteiger partial charge < -0.3 is 4.74 Å². The Hall–Kier alpha value is -2.16. The Labute approximate surface area is 130 Å². The molecule has 1 atom stereocenters. The van der Waals surface area contributed by atoms with Gasteiger partial charge in [-0.05, 0) is 26.0 Å². The molecule has 1 aliphatic heterocycles. The van der Waals surface area contributed by atoms with Gasteiger partial charge in [-0.1, -0.05) is 18.2 Å². The van der Waals surface area contributed by atoms with E-state index in [1.54, 1.807) is 0 Å². The van der Waals surface area contributed by atoms with Gasteiger partial charge >= 0.3 is 0 Å². The van der Waals surface area contributed by atoms with Crippen molar-refractivity contribution < 1.29 is 4.74 Å². The summed E-state index contributed by atoms with van der Waals surface area (Å²) < 4.78 is 7.40. The molecule has 1 aliphatic rings. The van der Waals surface area contributed by atoms with Gasteiger partial charge in [-0.3, -0.25) is 4.90 Å². The standard InChI is InChI=1S/C17H20N4O/c1-13-12-22-9-8-20(13)11-17-16(10-18)14(2)19-21(17)15-6-4-3-5-7-15/h3-7,13H,8-9,11-12H2,1-2H3/t13-/m0/s1. The molecule has 5 heteroatoms. The Morgan fingerprint density at radius 2 is 2.14 bits per heavy atom. The summed E-state index contributed by atoms with van der Waals surface area (Å²) in [6, 6.07) is 12.6. The Kier molecular flexibility index (Phi) is 4.23. The quantitative estimate of drug-likeness (QED) is 0.872. The normalized spacial score (nSPS) is 19.0. The second kappa shape index (κ2) is 6.30. The molecule has 0 radical (unpaired) electrons. The monoisotopic (exact) mass is 296 g/mol. The summed E-state index contributed by atoms with van der Waals surface area (Å²) in [5.41, 5.74) is 3.41. The lowest BCUT2D eigenvalue weighted by Gasteiger charge is -2.33. The van der Waals surface area contributed by atoms with Crippen molar-refractivity contribution in [2.24, 2.45) is 0 Å². The fourth-order valence-corrected chi connectivity index (χ4v) is 2.84. The topological polar surface area (TPSA) is 54.1 Å². The summed E-state index contributed by atoms with van der Waals surface area (Å²) in [6.07, 6.45) is 0. The summed E-state index contributed by atoms with van der Waals surface area (Å²) in [5, 5.41) is 14.1. The van der Waals surface area contributed by atoms with Gasteiger partial charge in [0.1, 0.15) is 6.07 Å². The van der Waals surface area contributed by atoms with Crippen molar-refractivity contribution in [1.82, 2.24) is 14.7 Å². The van der Waals surface area contributed by atoms with E-state index in [1.807, 2.05) is 41.9 Å². The van der Waals surface area contributed by atoms with E-state index in [2.05, 4.69) is 23.0 Å². The van der Waals surface area contributed by atoms with E-state index in [0.29, 0.717) is 18.2 Å². The van der Waals surface area contributed by atoms with Crippen LogP contribution in [0, 0.1) is 18.3 Å². The third-order valence-corrected chi connectivity index (χ3v) is 4.13. The predicted molar refractivity (Wildman–Crippen MR) is 83.7 cm³/mol. The second-order valence-corrected chi connectivity index (χ2v) is 5.66. The highest BCUT2D eigenvalue weighted by atomic mass is 16.5. The smallest absolute Gasteiger partial charge is 0.103 e. The summed E-state index contributed by atoms with van der Waals surface area (Å²) in [5.74, 6) is 0. The number of morpholine rings is 1. The first kappa shape index (κ1) is 14.8. The maximum atomic E-state index is 9.51. The van der Waals surface area contributed by atoms with Crippen molar-refractivity contribution in [1.29, 1.82) is 5.26 Å². The fraction of sp³-hybridized carbons (Fsp3) is 0.412. The second-order valence-electron chi connectivity index (χ2n) is 5.66. The third-order valence-electron chi connectivity index (χ3n) is 4.13. The molecule has 2 aromatic rings. The van der Waals surface area contributed by atoms with Crippen molar-refractivity contribution in [3.8, 4) is 11.8 Å². The molecule has 0 N–H and O–H groups in total. The van der Waals surface area contributed by atoms with Crippen LogP contribution in [-0.2, 0) is 11.3 Å². The predicted octanol–water partition coefficient (Wildman–Crippen LogP) is 2.27. The number of ether oxygens (including phenoxy) is 1. The highest BCUT2D eigenvalue weighted by Gasteiger charge is 2.24. The summed E-state index contributed by atoms with van der Waals surface area (Å²) in [6.45, 7) is 7.12. The van der Waals surface area contributed by atoms with Gasteiger partial charge in [0.25, 0.3) is 0 Å². The number of aromatic nitrogens is 2. The van der Waals surface area contributed by atoms with Crippen molar-refractivity contribution in [3.63, 3.8) is 0 Å². The molecular weight excluding hydrogens is 276 g/mol. The minimum absolute atomic E-state index is 0.347. The van der Waals surface area contributed by atoms with Crippen molar-refractivity contribution in [2.75, 3.05) is 19.8 Å². The number of benzene rings is 1. The Morgan fingerprint density at radius 1 is 1.36 bits per heavy atom. The van der Waals surface area contributed by atoms with E-state index in [0.717, 1.165) is 36.8 Å². The summed E-state index contributed by atoms with van der Waals surface area (Å²) in [4.78, 5) is 2.35. The molecular formula is C17H20N4O. The Morgan fingerprint density at radius 3 is 2.82 bits per heavy atom. The van der Waals surface area contributed by atoms with Crippen LogP contribution < -0.4 is 0 Å². The van der Waals surface area contributed by atoms with Crippen LogP contribution in [0.5, 0.6) is 0 Å². The number of hydrogen-bond acceptors (Lipinski definition) is 4. The molecule has 1 saturated heterocycles. The molecule has 3 rings (SSSR count). The minimum Gasteiger partial charge on any atom is -0.379 e. The molecule has 0 spiro atoms. The lowest BCUT2D eigenvalue weighted by molar-refractivity contribution is -0.00523. The molecule has 114 valence electrons. The lowest BCUT2D eigenvalue weighted by atomic mass is 10.1. The summed E-state index contributed by atoms with van der Waals surface area (Å²) >= 11 is 0. The molecule has 0 bridgehead atoms. The van der Waals surface area contributed by atoms with E-state index < -0.39 is 0 Å². The summed E-state index contributed by atoms with van der Waals surface area (Å²) in [7, 11) is 0. The number of para-hydroxylation sites is 1. The van der Waals surface area contributed by atoms with Crippen molar-refractivity contribution >= 4 is 0 Å². The van der Waals surface area contributed by atoms with E-state index in [1.165, 1.54) is 0 Å². The van der Waals surface area contributed by atoms with Gasteiger partial charge in [-0.2, -0.15) is 10.4 Å². The zero-order chi connectivity index (χ0) is 15.5. The first-order valence-corrected chi connectivity index (χ1v) is 7.56. The average molecular weight is 296 g/mol. The van der Waals surface area contributed by atoms with Crippen LogP contribution in [0.1, 0.15) is 23.9 Å². The van der Waals surface area contributed by atoms with Gasteiger partial charge in [0.15, 0.2) is 0 Å². The number of nitriles is 1. The van der Waals surface area contributed by atoms with E-state index in [9.17, 15) is 5.26 Å². The van der Waals surface area contributed by atoms with Crippen LogP contribution in [0.3, 0.4) is 0 Å². The average Bonchev–Trinajstić information content (AvgIpc) is 2.86. The van der Waals surface area contributed by atoms with Gasteiger partial charge in [0.2, 0.25) is 0 Å². The van der Waals surface area contributed by atoms with Gasteiger partial charge in [-0.15, -0.1) is 0 Å². The van der Waals surface area contributed by atoms with Crippen LogP contribution in [0.2, 0.25) is 0 Å². The molecule has 5 nitrogen and oxygen atoms in total. The molecule has 0 aliphatic carbocycles. The molecule has 1 aromatic carbocycles. The number of nitrogens with zero attached hydrogens (tertiary/aromatic N) is 4. The van der Waals surface area contributed by atoms with E-state index >= 15 is 0 Å². The van der Waals surface area contributed by atoms with Gasteiger partial charge in [0, 0.05) is 19.1 Å². The van der Waals surface area contributed by atoms with Gasteiger partial charge in [-0.25, -0.2) is 4.68 Å². The number of aryl methyl sites for hydroxylation is 1. The highest BCUT2D eigenvalue weighted by Crippen LogP contribution is 2.21. The zero-order valence-corrected chi connectivity index (χ0v) is 13.0. The first-order valence-electron chi connectivity index (χ1n) is 7.56. The number of hydrogen-bond donors (Lipinski definition) is 0. The first-order chi connectivity index (χ1) is 10.7. The van der Waals surface area contributed by atoms with E-state index in [-0.39, 0.29) is 0 Å². The minimum atomic E-state index is 0.347. The van der Waals surface area contributed by atoms with Crippen LogP contribution in [-0.4, -0.2) is 40.5 Å². The van der Waals surface area contributed by atoms with Crippen LogP contribution >= 0.6 is 0 Å². The van der Waals surface area contributed by atoms with Crippen LogP contribution in [0.4, 0.5) is 0 Å². The highest BCUT2D eigenvalue weighted by molar-refractivity contribution is 5.43. The number of rotatable bonds is 3. The van der Waals surface area contributed by atoms with Crippen molar-refractivity contribution in [3.05, 3.63) is 47.3 Å². The maximum Gasteiger partial charge on any atom is 0.103 e. The molecule has 1 fully saturated rings. The van der Waals surface area contributed by atoms with Crippen molar-refractivity contribution in [2.45, 2.75) is 26.4 Å². The van der Waals surface area contributed by atoms with Crippen LogP contribution in [0.15, 0.2) is 30.3 Å². The molecule has 0 saturated carbocycles. The SMILES string of the molecule is Cc1nn(-c2ccccc2)c(CN2CCOC[C@@H]2C)c1C#N. The van der Waals surface area contributed by atoms with Gasteiger partial charge in [0.05, 0.1) is 35.9 Å². The lowest BCUT2D eigenvalue weighted by Crippen LogP contribution is -2.43. The third kappa shape index (κ3) is 2.76. The Balaban J connectivity index is 2.00. The molecule has 1 aromatic heterocycles. The zero-order valence-electron chi connectivity index (χ0n) is 13.0. The molecule has 0 amide bonds. The molecule has 22 heavy (non-hydrogen) atoms. The fourth-order valence-electron chi connectivity index (χ4n) is 2.84. The molecule has 0 unspecified atom stereocenters. The van der Waals surface area contributed by atoms with Crippen LogP contribution in [0.25, 0.3) is 5.69 Å². The maximum absolute atomic E-state index is 9.51. The Bertz CT molecular complexity index is 687.